The number of nitrogens with one attached hydrogen (secondary N) is 1. The van der Waals surface area contributed by atoms with Gasteiger partial charge in [0.05, 0.1) is 12.8 Å². The van der Waals surface area contributed by atoms with E-state index in [1.165, 1.54) is 11.1 Å². The Kier molecular flexibility index (Phi) is 4.05. The molecule has 2 aromatic rings. The largest absolute Gasteiger partial charge is 0.489 e. The van der Waals surface area contributed by atoms with Gasteiger partial charge >= 0.3 is 0 Å². The summed E-state index contributed by atoms with van der Waals surface area (Å²) in [5, 5.41) is 3.08. The summed E-state index contributed by atoms with van der Waals surface area (Å²) >= 11 is 0. The Bertz CT molecular complexity index is 497. The summed E-state index contributed by atoms with van der Waals surface area (Å²) in [5.74, 6) is 1.84. The summed E-state index contributed by atoms with van der Waals surface area (Å²) in [6.45, 7) is 5.41. The van der Waals surface area contributed by atoms with Crippen LogP contribution in [0.2, 0.25) is 0 Å². The number of ether oxygens (including phenoxy) is 1. The second-order valence-electron chi connectivity index (χ2n) is 4.51. The third-order valence-electron chi connectivity index (χ3n) is 2.76. The highest BCUT2D eigenvalue weighted by molar-refractivity contribution is 5.33. The summed E-state index contributed by atoms with van der Waals surface area (Å²) in [7, 11) is 1.90. The Morgan fingerprint density at radius 1 is 1.17 bits per heavy atom. The molecule has 0 spiro atoms. The van der Waals surface area contributed by atoms with Crippen molar-refractivity contribution in [3.05, 3.63) is 53.0 Å². The van der Waals surface area contributed by atoms with Crippen LogP contribution in [0.1, 0.15) is 22.5 Å². The fraction of sp³-hybridized carbons (Fsp3) is 0.333. The van der Waals surface area contributed by atoms with Crippen LogP contribution < -0.4 is 10.1 Å². The summed E-state index contributed by atoms with van der Waals surface area (Å²) in [4.78, 5) is 0. The van der Waals surface area contributed by atoms with Gasteiger partial charge in [-0.3, -0.25) is 0 Å². The fourth-order valence-electron chi connectivity index (χ4n) is 1.99. The third-order valence-corrected chi connectivity index (χ3v) is 2.76. The van der Waals surface area contributed by atoms with Crippen LogP contribution in [0.4, 0.5) is 0 Å². The van der Waals surface area contributed by atoms with Crippen LogP contribution in [-0.2, 0) is 13.2 Å². The summed E-state index contributed by atoms with van der Waals surface area (Å²) in [5.41, 5.74) is 3.52. The van der Waals surface area contributed by atoms with Crippen molar-refractivity contribution in [3.8, 4) is 5.75 Å². The molecule has 0 bridgehead atoms. The zero-order chi connectivity index (χ0) is 13.0. The predicted octanol–water partition coefficient (Wildman–Crippen LogP) is 3.19. The zero-order valence-corrected chi connectivity index (χ0v) is 11.1. The van der Waals surface area contributed by atoms with Crippen molar-refractivity contribution in [1.29, 1.82) is 0 Å². The average molecular weight is 245 g/mol. The molecule has 3 heteroatoms. The van der Waals surface area contributed by atoms with E-state index >= 15 is 0 Å². The van der Waals surface area contributed by atoms with Gasteiger partial charge in [0.2, 0.25) is 0 Å². The standard InChI is InChI=1S/C15H19NO2/c1-11-6-12(2)8-14(7-11)18-10-13-4-5-17-15(13)9-16-3/h4-8,16H,9-10H2,1-3H3. The smallest absolute Gasteiger partial charge is 0.124 e. The van der Waals surface area contributed by atoms with Gasteiger partial charge < -0.3 is 14.5 Å². The van der Waals surface area contributed by atoms with Crippen molar-refractivity contribution in [1.82, 2.24) is 5.32 Å². The van der Waals surface area contributed by atoms with Crippen LogP contribution in [0.5, 0.6) is 5.75 Å². The van der Waals surface area contributed by atoms with Crippen molar-refractivity contribution < 1.29 is 9.15 Å². The highest BCUT2D eigenvalue weighted by Crippen LogP contribution is 2.19. The molecule has 0 amide bonds. The van der Waals surface area contributed by atoms with Gasteiger partial charge in [-0.15, -0.1) is 0 Å². The minimum atomic E-state index is 0.538. The summed E-state index contributed by atoms with van der Waals surface area (Å²) in [6.07, 6.45) is 1.70. The number of furan rings is 1. The Hall–Kier alpha value is -1.74. The van der Waals surface area contributed by atoms with Crippen LogP contribution in [0.3, 0.4) is 0 Å². The van der Waals surface area contributed by atoms with Crippen molar-refractivity contribution in [2.75, 3.05) is 7.05 Å². The molecule has 0 saturated carbocycles. The van der Waals surface area contributed by atoms with Crippen molar-refractivity contribution >= 4 is 0 Å². The van der Waals surface area contributed by atoms with Gasteiger partial charge in [0, 0.05) is 5.56 Å². The first-order valence-corrected chi connectivity index (χ1v) is 6.10. The van der Waals surface area contributed by atoms with E-state index in [9.17, 15) is 0 Å². The second-order valence-corrected chi connectivity index (χ2v) is 4.51. The Labute approximate surface area is 108 Å². The maximum absolute atomic E-state index is 5.81. The van der Waals surface area contributed by atoms with E-state index in [1.54, 1.807) is 6.26 Å². The average Bonchev–Trinajstić information content (AvgIpc) is 2.73. The maximum Gasteiger partial charge on any atom is 0.124 e. The summed E-state index contributed by atoms with van der Waals surface area (Å²) in [6, 6.07) is 8.18. The molecule has 1 aromatic carbocycles. The number of aryl methyl sites for hydroxylation is 2. The molecule has 1 N–H and O–H groups in total. The molecule has 2 rings (SSSR count). The highest BCUT2D eigenvalue weighted by Gasteiger charge is 2.06. The Morgan fingerprint density at radius 2 is 1.89 bits per heavy atom. The first kappa shape index (κ1) is 12.7. The molecule has 0 fully saturated rings. The monoisotopic (exact) mass is 245 g/mol. The molecule has 0 saturated heterocycles. The lowest BCUT2D eigenvalue weighted by Gasteiger charge is -2.08. The zero-order valence-electron chi connectivity index (χ0n) is 11.1. The van der Waals surface area contributed by atoms with Crippen LogP contribution in [-0.4, -0.2) is 7.05 Å². The molecule has 3 nitrogen and oxygen atoms in total. The van der Waals surface area contributed by atoms with E-state index in [2.05, 4.69) is 25.2 Å². The van der Waals surface area contributed by atoms with Gasteiger partial charge in [0.25, 0.3) is 0 Å². The van der Waals surface area contributed by atoms with E-state index in [0.717, 1.165) is 23.6 Å². The number of rotatable bonds is 5. The molecule has 18 heavy (non-hydrogen) atoms. The third kappa shape index (κ3) is 3.14. The van der Waals surface area contributed by atoms with Gasteiger partial charge in [0.1, 0.15) is 18.1 Å². The molecule has 1 aromatic heterocycles. The molecule has 0 aliphatic heterocycles. The second kappa shape index (κ2) is 5.74. The molecule has 1 heterocycles. The first-order chi connectivity index (χ1) is 8.69. The van der Waals surface area contributed by atoms with Gasteiger partial charge in [-0.1, -0.05) is 6.07 Å². The first-order valence-electron chi connectivity index (χ1n) is 6.10. The molecule has 0 unspecified atom stereocenters. The minimum Gasteiger partial charge on any atom is -0.489 e. The van der Waals surface area contributed by atoms with Crippen molar-refractivity contribution in [2.45, 2.75) is 27.0 Å². The number of hydrogen-bond acceptors (Lipinski definition) is 3. The molecule has 0 radical (unpaired) electrons. The van der Waals surface area contributed by atoms with E-state index in [4.69, 9.17) is 9.15 Å². The highest BCUT2D eigenvalue weighted by atomic mass is 16.5. The lowest BCUT2D eigenvalue weighted by molar-refractivity contribution is 0.301. The quantitative estimate of drug-likeness (QED) is 0.878. The Balaban J connectivity index is 2.04. The molecule has 0 aliphatic rings. The van der Waals surface area contributed by atoms with Gasteiger partial charge in [0.15, 0.2) is 0 Å². The Morgan fingerprint density at radius 3 is 2.56 bits per heavy atom. The van der Waals surface area contributed by atoms with Gasteiger partial charge in [-0.05, 0) is 50.2 Å². The van der Waals surface area contributed by atoms with Crippen LogP contribution in [0.25, 0.3) is 0 Å². The lowest BCUT2D eigenvalue weighted by Crippen LogP contribution is -2.07. The summed E-state index contributed by atoms with van der Waals surface area (Å²) < 4.78 is 11.2. The normalized spacial score (nSPS) is 10.6. The van der Waals surface area contributed by atoms with E-state index in [-0.39, 0.29) is 0 Å². The maximum atomic E-state index is 5.81. The van der Waals surface area contributed by atoms with Crippen LogP contribution in [0, 0.1) is 13.8 Å². The van der Waals surface area contributed by atoms with Gasteiger partial charge in [-0.25, -0.2) is 0 Å². The lowest BCUT2D eigenvalue weighted by atomic mass is 10.1. The molecular formula is C15H19NO2. The van der Waals surface area contributed by atoms with E-state index < -0.39 is 0 Å². The molecule has 0 aliphatic carbocycles. The SMILES string of the molecule is CNCc1occc1COc1cc(C)cc(C)c1. The topological polar surface area (TPSA) is 34.4 Å². The molecule has 0 atom stereocenters. The minimum absolute atomic E-state index is 0.538. The van der Waals surface area contributed by atoms with Crippen molar-refractivity contribution in [3.63, 3.8) is 0 Å². The molecule has 96 valence electrons. The van der Waals surface area contributed by atoms with Gasteiger partial charge in [-0.2, -0.15) is 0 Å². The number of benzene rings is 1. The number of hydrogen-bond donors (Lipinski definition) is 1. The fourth-order valence-corrected chi connectivity index (χ4v) is 1.99. The van der Waals surface area contributed by atoms with Crippen LogP contribution >= 0.6 is 0 Å². The van der Waals surface area contributed by atoms with E-state index in [1.807, 2.05) is 25.2 Å². The predicted molar refractivity (Wildman–Crippen MR) is 71.7 cm³/mol. The van der Waals surface area contributed by atoms with E-state index in [0.29, 0.717) is 6.61 Å². The van der Waals surface area contributed by atoms with Crippen molar-refractivity contribution in [2.24, 2.45) is 0 Å². The van der Waals surface area contributed by atoms with Crippen LogP contribution in [0.15, 0.2) is 34.9 Å². The molecular weight excluding hydrogens is 226 g/mol.